The molecule has 5 heteroatoms. The summed E-state index contributed by atoms with van der Waals surface area (Å²) in [6, 6.07) is 18.6. The van der Waals surface area contributed by atoms with Gasteiger partial charge < -0.3 is 14.7 Å². The molecule has 2 aromatic carbocycles. The summed E-state index contributed by atoms with van der Waals surface area (Å²) in [7, 11) is 0. The number of β-amino-alcohol motifs (C(OH)–C–C–N with tert-alkyl or cyclic N) is 1. The van der Waals surface area contributed by atoms with Crippen LogP contribution in [0, 0.1) is 0 Å². The van der Waals surface area contributed by atoms with E-state index in [2.05, 4.69) is 53.1 Å². The fraction of sp³-hybridized carbons (Fsp3) is 0.429. The Morgan fingerprint density at radius 3 is 2.23 bits per heavy atom. The Balaban J connectivity index is 0.00000243. The van der Waals surface area contributed by atoms with Crippen LogP contribution in [0.5, 0.6) is 5.75 Å². The van der Waals surface area contributed by atoms with Gasteiger partial charge in [0.05, 0.1) is 0 Å². The first-order valence-electron chi connectivity index (χ1n) is 9.16. The summed E-state index contributed by atoms with van der Waals surface area (Å²) in [5.41, 5.74) is 2.57. The van der Waals surface area contributed by atoms with Crippen LogP contribution in [0.3, 0.4) is 0 Å². The Morgan fingerprint density at radius 1 is 0.962 bits per heavy atom. The lowest BCUT2D eigenvalue weighted by Gasteiger charge is -2.36. The van der Waals surface area contributed by atoms with Crippen molar-refractivity contribution in [3.8, 4) is 5.75 Å². The first kappa shape index (κ1) is 20.6. The molecule has 3 rings (SSSR count). The van der Waals surface area contributed by atoms with Gasteiger partial charge in [-0.15, -0.1) is 12.4 Å². The molecule has 2 aromatic rings. The lowest BCUT2D eigenvalue weighted by atomic mass is 10.2. The van der Waals surface area contributed by atoms with Crippen molar-refractivity contribution in [3.63, 3.8) is 0 Å². The van der Waals surface area contributed by atoms with E-state index in [9.17, 15) is 5.11 Å². The number of piperazine rings is 1. The number of aliphatic hydroxyl groups excluding tert-OH is 1. The van der Waals surface area contributed by atoms with E-state index in [0.717, 1.165) is 38.3 Å². The maximum atomic E-state index is 10.3. The number of aliphatic hydroxyl groups is 1. The highest BCUT2D eigenvalue weighted by Gasteiger charge is 2.19. The minimum atomic E-state index is -0.464. The molecule has 1 heterocycles. The van der Waals surface area contributed by atoms with Crippen LogP contribution in [0.15, 0.2) is 54.6 Å². The zero-order valence-corrected chi connectivity index (χ0v) is 16.2. The molecule has 1 fully saturated rings. The molecule has 142 valence electrons. The van der Waals surface area contributed by atoms with E-state index in [1.807, 2.05) is 18.2 Å². The number of rotatable bonds is 7. The summed E-state index contributed by atoms with van der Waals surface area (Å²) in [6.45, 7) is 7.07. The van der Waals surface area contributed by atoms with Crippen LogP contribution in [0.1, 0.15) is 12.5 Å². The fourth-order valence-electron chi connectivity index (χ4n) is 3.19. The highest BCUT2D eigenvalue weighted by molar-refractivity contribution is 5.85. The van der Waals surface area contributed by atoms with Gasteiger partial charge in [0.25, 0.3) is 0 Å². The molecule has 0 aromatic heterocycles. The molecule has 1 N–H and O–H groups in total. The van der Waals surface area contributed by atoms with Crippen LogP contribution in [0.2, 0.25) is 0 Å². The van der Waals surface area contributed by atoms with E-state index >= 15 is 0 Å². The molecule has 1 unspecified atom stereocenters. The normalized spacial score (nSPS) is 16.0. The first-order valence-corrected chi connectivity index (χ1v) is 9.16. The molecule has 0 aliphatic carbocycles. The second-order valence-electron chi connectivity index (χ2n) is 6.59. The zero-order chi connectivity index (χ0) is 17.5. The zero-order valence-electron chi connectivity index (χ0n) is 15.4. The van der Waals surface area contributed by atoms with Crippen LogP contribution < -0.4 is 9.64 Å². The second-order valence-corrected chi connectivity index (χ2v) is 6.59. The van der Waals surface area contributed by atoms with E-state index in [-0.39, 0.29) is 12.4 Å². The van der Waals surface area contributed by atoms with Crippen molar-refractivity contribution >= 4 is 18.1 Å². The maximum absolute atomic E-state index is 10.3. The van der Waals surface area contributed by atoms with E-state index in [1.165, 1.54) is 11.3 Å². The van der Waals surface area contributed by atoms with E-state index < -0.39 is 6.10 Å². The van der Waals surface area contributed by atoms with Crippen LogP contribution >= 0.6 is 12.4 Å². The second kappa shape index (κ2) is 10.4. The summed E-state index contributed by atoms with van der Waals surface area (Å²) in [4.78, 5) is 4.71. The number of anilines is 1. The third kappa shape index (κ3) is 5.90. The quantitative estimate of drug-likeness (QED) is 0.804. The summed E-state index contributed by atoms with van der Waals surface area (Å²) < 4.78 is 5.71. The van der Waals surface area contributed by atoms with Gasteiger partial charge >= 0.3 is 0 Å². The number of hydrogen-bond donors (Lipinski definition) is 1. The highest BCUT2D eigenvalue weighted by Crippen LogP contribution is 2.16. The predicted octanol–water partition coefficient (Wildman–Crippen LogP) is 3.23. The van der Waals surface area contributed by atoms with Crippen molar-refractivity contribution in [3.05, 3.63) is 60.2 Å². The molecule has 1 atom stereocenters. The van der Waals surface area contributed by atoms with Crippen LogP contribution in [-0.4, -0.2) is 55.4 Å². The van der Waals surface area contributed by atoms with Gasteiger partial charge in [-0.05, 0) is 36.2 Å². The smallest absolute Gasteiger partial charge is 0.119 e. The molecule has 26 heavy (non-hydrogen) atoms. The third-order valence-corrected chi connectivity index (χ3v) is 4.74. The largest absolute Gasteiger partial charge is 0.491 e. The van der Waals surface area contributed by atoms with Gasteiger partial charge in [0, 0.05) is 38.4 Å². The van der Waals surface area contributed by atoms with Crippen molar-refractivity contribution in [1.29, 1.82) is 0 Å². The van der Waals surface area contributed by atoms with Crippen LogP contribution in [0.25, 0.3) is 0 Å². The lowest BCUT2D eigenvalue weighted by molar-refractivity contribution is 0.0663. The van der Waals surface area contributed by atoms with Crippen molar-refractivity contribution in [2.75, 3.05) is 44.2 Å². The van der Waals surface area contributed by atoms with Crippen molar-refractivity contribution in [2.45, 2.75) is 19.4 Å². The van der Waals surface area contributed by atoms with E-state index in [4.69, 9.17) is 4.74 Å². The van der Waals surface area contributed by atoms with Crippen LogP contribution in [-0.2, 0) is 6.42 Å². The maximum Gasteiger partial charge on any atom is 0.119 e. The van der Waals surface area contributed by atoms with Crippen molar-refractivity contribution in [1.82, 2.24) is 4.90 Å². The predicted molar refractivity (Wildman–Crippen MR) is 110 cm³/mol. The van der Waals surface area contributed by atoms with E-state index in [1.54, 1.807) is 0 Å². The molecule has 0 bridgehead atoms. The minimum Gasteiger partial charge on any atom is -0.491 e. The average Bonchev–Trinajstić information content (AvgIpc) is 2.68. The number of halogens is 1. The molecule has 1 aliphatic rings. The standard InChI is InChI=1S/C21H28N2O2.ClH/c1-2-18-8-10-21(11-9-18)25-17-20(24)16-22-12-14-23(15-13-22)19-6-4-3-5-7-19;/h3-11,20,24H,2,12-17H2,1H3;1H. The van der Waals surface area contributed by atoms with E-state index in [0.29, 0.717) is 13.2 Å². The molecule has 0 radical (unpaired) electrons. The van der Waals surface area contributed by atoms with Crippen molar-refractivity contribution < 1.29 is 9.84 Å². The number of benzene rings is 2. The molecule has 0 saturated carbocycles. The summed E-state index contributed by atoms with van der Waals surface area (Å²) in [5, 5.41) is 10.3. The van der Waals surface area contributed by atoms with Gasteiger partial charge in [0.1, 0.15) is 18.5 Å². The fourth-order valence-corrected chi connectivity index (χ4v) is 3.19. The Hall–Kier alpha value is -1.75. The topological polar surface area (TPSA) is 35.9 Å². The molecule has 1 saturated heterocycles. The molecule has 0 amide bonds. The Bertz CT molecular complexity index is 628. The molecular weight excluding hydrogens is 348 g/mol. The Kier molecular flexibility index (Phi) is 8.23. The average molecular weight is 377 g/mol. The number of hydrogen-bond acceptors (Lipinski definition) is 4. The third-order valence-electron chi connectivity index (χ3n) is 4.74. The molecule has 0 spiro atoms. The van der Waals surface area contributed by atoms with Gasteiger partial charge in [-0.2, -0.15) is 0 Å². The molecule has 4 nitrogen and oxygen atoms in total. The SMILES string of the molecule is CCc1ccc(OCC(O)CN2CCN(c3ccccc3)CC2)cc1.Cl. The molecule has 1 aliphatic heterocycles. The Morgan fingerprint density at radius 2 is 1.62 bits per heavy atom. The summed E-state index contributed by atoms with van der Waals surface area (Å²) >= 11 is 0. The highest BCUT2D eigenvalue weighted by atomic mass is 35.5. The first-order chi connectivity index (χ1) is 12.2. The monoisotopic (exact) mass is 376 g/mol. The number of ether oxygens (including phenoxy) is 1. The van der Waals surface area contributed by atoms with Gasteiger partial charge in [-0.3, -0.25) is 4.90 Å². The van der Waals surface area contributed by atoms with Gasteiger partial charge in [-0.1, -0.05) is 37.3 Å². The van der Waals surface area contributed by atoms with Crippen molar-refractivity contribution in [2.24, 2.45) is 0 Å². The van der Waals surface area contributed by atoms with Gasteiger partial charge in [0.15, 0.2) is 0 Å². The Labute approximate surface area is 162 Å². The molecular formula is C21H29ClN2O2. The van der Waals surface area contributed by atoms with Gasteiger partial charge in [-0.25, -0.2) is 0 Å². The minimum absolute atomic E-state index is 0. The summed E-state index contributed by atoms with van der Waals surface area (Å²) in [5.74, 6) is 0.824. The van der Waals surface area contributed by atoms with Gasteiger partial charge in [0.2, 0.25) is 0 Å². The lowest BCUT2D eigenvalue weighted by Crippen LogP contribution is -2.49. The summed E-state index contributed by atoms with van der Waals surface area (Å²) in [6.07, 6.45) is 0.562. The number of para-hydroxylation sites is 1. The number of nitrogens with zero attached hydrogens (tertiary/aromatic N) is 2. The van der Waals surface area contributed by atoms with Crippen LogP contribution in [0.4, 0.5) is 5.69 Å². The number of aryl methyl sites for hydroxylation is 1.